The monoisotopic (exact) mass is 186 g/mol. The first-order chi connectivity index (χ1) is 5.74. The molecule has 0 fully saturated rings. The van der Waals surface area contributed by atoms with Crippen molar-refractivity contribution in [2.75, 3.05) is 12.0 Å². The second kappa shape index (κ2) is 4.15. The molecule has 0 saturated carbocycles. The first kappa shape index (κ1) is 9.12. The topological polar surface area (TPSA) is 65.7 Å². The summed E-state index contributed by atoms with van der Waals surface area (Å²) in [6.07, 6.45) is 4.13. The Kier molecular flexibility index (Phi) is 3.16. The van der Waals surface area contributed by atoms with E-state index in [0.717, 1.165) is 5.75 Å². The van der Waals surface area contributed by atoms with Gasteiger partial charge in [0.2, 0.25) is 0 Å². The molecule has 0 aliphatic heterocycles. The van der Waals surface area contributed by atoms with Crippen molar-refractivity contribution in [2.24, 2.45) is 0 Å². The summed E-state index contributed by atoms with van der Waals surface area (Å²) in [7, 11) is 0. The van der Waals surface area contributed by atoms with E-state index in [4.69, 9.17) is 0 Å². The lowest BCUT2D eigenvalue weighted by Crippen LogP contribution is -2.24. The summed E-state index contributed by atoms with van der Waals surface area (Å²) in [6, 6.07) is 0. The minimum atomic E-state index is -0.451. The second-order valence-corrected chi connectivity index (χ2v) is 3.33. The molecule has 0 saturated heterocycles. The predicted molar refractivity (Wildman–Crippen MR) is 49.8 cm³/mol. The van der Waals surface area contributed by atoms with Crippen molar-refractivity contribution < 1.29 is 0 Å². The third-order valence-electron chi connectivity index (χ3n) is 1.47. The van der Waals surface area contributed by atoms with Crippen LogP contribution in [0.2, 0.25) is 0 Å². The SMILES string of the molecule is CSCCc1c[nH]c(=O)[nH]c1=O. The van der Waals surface area contributed by atoms with Gasteiger partial charge >= 0.3 is 5.69 Å². The van der Waals surface area contributed by atoms with Crippen molar-refractivity contribution in [3.63, 3.8) is 0 Å². The number of aryl methyl sites for hydroxylation is 1. The van der Waals surface area contributed by atoms with Gasteiger partial charge in [-0.3, -0.25) is 9.78 Å². The van der Waals surface area contributed by atoms with Gasteiger partial charge in [0.1, 0.15) is 0 Å². The van der Waals surface area contributed by atoms with Crippen LogP contribution in [-0.2, 0) is 6.42 Å². The Balaban J connectivity index is 2.87. The number of thioether (sulfide) groups is 1. The number of aromatic amines is 2. The number of rotatable bonds is 3. The minimum Gasteiger partial charge on any atom is -0.314 e. The molecule has 0 amide bonds. The van der Waals surface area contributed by atoms with E-state index in [1.54, 1.807) is 11.8 Å². The second-order valence-electron chi connectivity index (χ2n) is 2.34. The van der Waals surface area contributed by atoms with E-state index >= 15 is 0 Å². The first-order valence-corrected chi connectivity index (χ1v) is 4.93. The maximum atomic E-state index is 11.1. The lowest BCUT2D eigenvalue weighted by molar-refractivity contribution is 0.965. The molecule has 1 aromatic heterocycles. The van der Waals surface area contributed by atoms with Crippen LogP contribution in [0.5, 0.6) is 0 Å². The highest BCUT2D eigenvalue weighted by Gasteiger charge is 1.98. The zero-order valence-corrected chi connectivity index (χ0v) is 7.53. The van der Waals surface area contributed by atoms with E-state index in [1.165, 1.54) is 6.20 Å². The van der Waals surface area contributed by atoms with Crippen LogP contribution in [0, 0.1) is 0 Å². The van der Waals surface area contributed by atoms with Gasteiger partial charge in [-0.15, -0.1) is 0 Å². The largest absolute Gasteiger partial charge is 0.325 e. The molecule has 12 heavy (non-hydrogen) atoms. The van der Waals surface area contributed by atoms with E-state index in [-0.39, 0.29) is 5.56 Å². The van der Waals surface area contributed by atoms with Gasteiger partial charge in [-0.1, -0.05) is 0 Å². The molecule has 1 rings (SSSR count). The summed E-state index contributed by atoms with van der Waals surface area (Å²) in [5, 5.41) is 0. The minimum absolute atomic E-state index is 0.284. The predicted octanol–water partition coefficient (Wildman–Crippen LogP) is -0.0313. The molecule has 1 heterocycles. The molecule has 1 aromatic rings. The highest BCUT2D eigenvalue weighted by molar-refractivity contribution is 7.98. The lowest BCUT2D eigenvalue weighted by Gasteiger charge is -1.95. The molecule has 0 radical (unpaired) electrons. The summed E-state index contributed by atoms with van der Waals surface area (Å²) in [6.45, 7) is 0. The van der Waals surface area contributed by atoms with Crippen LogP contribution in [0.1, 0.15) is 5.56 Å². The van der Waals surface area contributed by atoms with Gasteiger partial charge in [-0.2, -0.15) is 11.8 Å². The van der Waals surface area contributed by atoms with Gasteiger partial charge < -0.3 is 4.98 Å². The van der Waals surface area contributed by atoms with Crippen LogP contribution in [-0.4, -0.2) is 22.0 Å². The van der Waals surface area contributed by atoms with Crippen molar-refractivity contribution >= 4 is 11.8 Å². The van der Waals surface area contributed by atoms with Gasteiger partial charge in [-0.25, -0.2) is 4.79 Å². The molecule has 0 unspecified atom stereocenters. The number of aromatic nitrogens is 2. The van der Waals surface area contributed by atoms with Crippen LogP contribution >= 0.6 is 11.8 Å². The smallest absolute Gasteiger partial charge is 0.314 e. The molecule has 4 nitrogen and oxygen atoms in total. The van der Waals surface area contributed by atoms with E-state index in [1.807, 2.05) is 6.26 Å². The fourth-order valence-corrected chi connectivity index (χ4v) is 1.26. The average Bonchev–Trinajstić information content (AvgIpc) is 2.03. The van der Waals surface area contributed by atoms with E-state index < -0.39 is 5.69 Å². The molecule has 0 aromatic carbocycles. The van der Waals surface area contributed by atoms with Crippen molar-refractivity contribution in [3.8, 4) is 0 Å². The molecule has 0 aliphatic rings. The Labute approximate surface area is 73.4 Å². The summed E-state index contributed by atoms with van der Waals surface area (Å²) < 4.78 is 0. The molecule has 2 N–H and O–H groups in total. The number of H-pyrrole nitrogens is 2. The van der Waals surface area contributed by atoms with Crippen LogP contribution in [0.25, 0.3) is 0 Å². The molecular weight excluding hydrogens is 176 g/mol. The van der Waals surface area contributed by atoms with Gasteiger partial charge in [0.15, 0.2) is 0 Å². The van der Waals surface area contributed by atoms with Crippen LogP contribution < -0.4 is 11.2 Å². The lowest BCUT2D eigenvalue weighted by atomic mass is 10.3. The fraction of sp³-hybridized carbons (Fsp3) is 0.429. The van der Waals surface area contributed by atoms with E-state index in [2.05, 4.69) is 9.97 Å². The van der Waals surface area contributed by atoms with E-state index in [9.17, 15) is 9.59 Å². The Morgan fingerprint density at radius 2 is 2.25 bits per heavy atom. The number of hydrogen-bond donors (Lipinski definition) is 2. The van der Waals surface area contributed by atoms with Crippen molar-refractivity contribution in [1.82, 2.24) is 9.97 Å². The summed E-state index contributed by atoms with van der Waals surface area (Å²) in [5.74, 6) is 0.884. The maximum Gasteiger partial charge on any atom is 0.325 e. The van der Waals surface area contributed by atoms with Gasteiger partial charge in [0, 0.05) is 11.8 Å². The maximum absolute atomic E-state index is 11.1. The standard InChI is InChI=1S/C7H10N2O2S/c1-12-3-2-5-4-8-7(11)9-6(5)10/h4H,2-3H2,1H3,(H2,8,9,10,11). The third kappa shape index (κ3) is 2.27. The molecule has 0 aliphatic carbocycles. The van der Waals surface area contributed by atoms with Crippen molar-refractivity contribution in [1.29, 1.82) is 0 Å². The molecular formula is C7H10N2O2S. The molecule has 5 heteroatoms. The van der Waals surface area contributed by atoms with Gasteiger partial charge in [-0.05, 0) is 18.4 Å². The Bertz CT molecular complexity index is 355. The zero-order valence-electron chi connectivity index (χ0n) is 6.72. The first-order valence-electron chi connectivity index (χ1n) is 3.54. The number of hydrogen-bond acceptors (Lipinski definition) is 3. The zero-order chi connectivity index (χ0) is 8.97. The Hall–Kier alpha value is -0.970. The fourth-order valence-electron chi connectivity index (χ4n) is 0.835. The third-order valence-corrected chi connectivity index (χ3v) is 2.08. The van der Waals surface area contributed by atoms with Gasteiger partial charge in [0.25, 0.3) is 5.56 Å². The van der Waals surface area contributed by atoms with E-state index in [0.29, 0.717) is 12.0 Å². The molecule has 0 bridgehead atoms. The Morgan fingerprint density at radius 1 is 1.50 bits per heavy atom. The summed E-state index contributed by atoms with van der Waals surface area (Å²) in [4.78, 5) is 26.3. The van der Waals surface area contributed by atoms with Crippen molar-refractivity contribution in [3.05, 3.63) is 32.6 Å². The van der Waals surface area contributed by atoms with Crippen molar-refractivity contribution in [2.45, 2.75) is 6.42 Å². The van der Waals surface area contributed by atoms with Crippen LogP contribution in [0.4, 0.5) is 0 Å². The average molecular weight is 186 g/mol. The molecule has 0 spiro atoms. The molecule has 66 valence electrons. The summed E-state index contributed by atoms with van der Waals surface area (Å²) >= 11 is 1.66. The highest BCUT2D eigenvalue weighted by Crippen LogP contribution is 1.96. The quantitative estimate of drug-likeness (QED) is 0.696. The van der Waals surface area contributed by atoms with Crippen LogP contribution in [0.15, 0.2) is 15.8 Å². The summed E-state index contributed by atoms with van der Waals surface area (Å²) in [5.41, 5.74) is -0.107. The Morgan fingerprint density at radius 3 is 2.83 bits per heavy atom. The van der Waals surface area contributed by atoms with Crippen LogP contribution in [0.3, 0.4) is 0 Å². The number of nitrogens with one attached hydrogen (secondary N) is 2. The highest BCUT2D eigenvalue weighted by atomic mass is 32.2. The molecule has 0 atom stereocenters. The normalized spacial score (nSPS) is 10.1. The van der Waals surface area contributed by atoms with Gasteiger partial charge in [0.05, 0.1) is 0 Å².